The zero-order valence-electron chi connectivity index (χ0n) is 10.7. The normalized spacial score (nSPS) is 21.1. The van der Waals surface area contributed by atoms with Gasteiger partial charge in [0.05, 0.1) is 0 Å². The van der Waals surface area contributed by atoms with E-state index in [4.69, 9.17) is 11.8 Å². The minimum atomic E-state index is 0. The van der Waals surface area contributed by atoms with E-state index in [0.29, 0.717) is 5.92 Å². The molecule has 3 nitrogen and oxygen atoms in total. The standard InChI is InChI=1S/C15H13ClN2O.ClH/c16-18-7-6-9(8-18)10-4-5-12-14-11(10)2-1-3-13(14)17-15(12)19;/h1-5,9H,6-8H2,(H,17,19);1H. The van der Waals surface area contributed by atoms with Gasteiger partial charge in [0, 0.05) is 29.7 Å². The van der Waals surface area contributed by atoms with Crippen LogP contribution in [0.4, 0.5) is 5.69 Å². The number of nitrogens with zero attached hydrogens (tertiary/aromatic N) is 1. The Hall–Kier alpha value is -1.29. The van der Waals surface area contributed by atoms with Gasteiger partial charge in [-0.25, -0.2) is 4.42 Å². The SMILES string of the molecule is Cl.O=C1Nc2cccc3c(C4CCN(Cl)C4)ccc1c23. The summed E-state index contributed by atoms with van der Waals surface area (Å²) in [5.74, 6) is 0.459. The van der Waals surface area contributed by atoms with E-state index in [1.165, 1.54) is 10.9 Å². The van der Waals surface area contributed by atoms with Crippen LogP contribution >= 0.6 is 24.2 Å². The van der Waals surface area contributed by atoms with Crippen molar-refractivity contribution >= 4 is 46.6 Å². The van der Waals surface area contributed by atoms with Gasteiger partial charge in [-0.3, -0.25) is 4.79 Å². The molecule has 1 fully saturated rings. The molecule has 2 aliphatic rings. The minimum absolute atomic E-state index is 0. The Bertz CT molecular complexity index is 702. The maximum atomic E-state index is 11.9. The highest BCUT2D eigenvalue weighted by atomic mass is 35.5. The summed E-state index contributed by atoms with van der Waals surface area (Å²) in [6.07, 6.45) is 1.07. The van der Waals surface area contributed by atoms with Crippen LogP contribution in [0.2, 0.25) is 0 Å². The molecular formula is C15H14Cl2N2O. The average Bonchev–Trinajstić information content (AvgIpc) is 2.96. The van der Waals surface area contributed by atoms with Gasteiger partial charge < -0.3 is 5.32 Å². The fourth-order valence-electron chi connectivity index (χ4n) is 3.24. The van der Waals surface area contributed by atoms with Crippen LogP contribution in [0.15, 0.2) is 30.3 Å². The van der Waals surface area contributed by atoms with Crippen molar-refractivity contribution in [2.24, 2.45) is 0 Å². The van der Waals surface area contributed by atoms with E-state index in [9.17, 15) is 4.79 Å². The second-order valence-corrected chi connectivity index (χ2v) is 5.72. The van der Waals surface area contributed by atoms with Crippen molar-refractivity contribution in [1.82, 2.24) is 4.42 Å². The molecule has 4 rings (SSSR count). The van der Waals surface area contributed by atoms with E-state index in [-0.39, 0.29) is 18.3 Å². The predicted octanol–water partition coefficient (Wildman–Crippen LogP) is 3.77. The number of halogens is 2. The molecule has 5 heteroatoms. The number of amides is 1. The van der Waals surface area contributed by atoms with Gasteiger partial charge in [0.15, 0.2) is 0 Å². The van der Waals surface area contributed by atoms with Crippen LogP contribution in [0.5, 0.6) is 0 Å². The molecule has 0 spiro atoms. The van der Waals surface area contributed by atoms with Crippen molar-refractivity contribution < 1.29 is 4.79 Å². The fraction of sp³-hybridized carbons (Fsp3) is 0.267. The fourth-order valence-corrected chi connectivity index (χ4v) is 3.50. The lowest BCUT2D eigenvalue weighted by atomic mass is 9.91. The molecule has 104 valence electrons. The minimum Gasteiger partial charge on any atom is -0.321 e. The van der Waals surface area contributed by atoms with Crippen molar-refractivity contribution in [3.63, 3.8) is 0 Å². The van der Waals surface area contributed by atoms with Crippen LogP contribution < -0.4 is 5.32 Å². The highest BCUT2D eigenvalue weighted by molar-refractivity contribution is 6.24. The van der Waals surface area contributed by atoms with Gasteiger partial charge in [0.25, 0.3) is 5.91 Å². The topological polar surface area (TPSA) is 32.3 Å². The number of carbonyl (C=O) groups is 1. The highest BCUT2D eigenvalue weighted by Crippen LogP contribution is 2.39. The zero-order valence-corrected chi connectivity index (χ0v) is 12.3. The van der Waals surface area contributed by atoms with Crippen molar-refractivity contribution in [2.75, 3.05) is 18.4 Å². The van der Waals surface area contributed by atoms with Gasteiger partial charge in [-0.05, 0) is 47.2 Å². The van der Waals surface area contributed by atoms with E-state index in [2.05, 4.69) is 17.4 Å². The van der Waals surface area contributed by atoms with Crippen LogP contribution in [0, 0.1) is 0 Å². The summed E-state index contributed by atoms with van der Waals surface area (Å²) in [4.78, 5) is 11.9. The van der Waals surface area contributed by atoms with E-state index in [0.717, 1.165) is 36.1 Å². The first-order valence-corrected chi connectivity index (χ1v) is 6.85. The first kappa shape index (κ1) is 13.7. The van der Waals surface area contributed by atoms with Crippen molar-refractivity contribution in [2.45, 2.75) is 12.3 Å². The van der Waals surface area contributed by atoms with Crippen LogP contribution in [-0.2, 0) is 0 Å². The number of carbonyl (C=O) groups excluding carboxylic acids is 1. The van der Waals surface area contributed by atoms with Gasteiger partial charge in [-0.15, -0.1) is 12.4 Å². The summed E-state index contributed by atoms with van der Waals surface area (Å²) < 4.78 is 1.84. The maximum absolute atomic E-state index is 11.9. The van der Waals surface area contributed by atoms with E-state index < -0.39 is 0 Å². The molecule has 0 aromatic heterocycles. The molecule has 1 amide bonds. The summed E-state index contributed by atoms with van der Waals surface area (Å²) in [5, 5.41) is 5.18. The Kier molecular flexibility index (Phi) is 3.36. The summed E-state index contributed by atoms with van der Waals surface area (Å²) in [5.41, 5.74) is 3.02. The van der Waals surface area contributed by atoms with Crippen LogP contribution in [0.3, 0.4) is 0 Å². The molecule has 0 bridgehead atoms. The number of hydrogen-bond acceptors (Lipinski definition) is 2. The molecule has 2 aromatic rings. The lowest BCUT2D eigenvalue weighted by Crippen LogP contribution is -2.07. The number of anilines is 1. The lowest BCUT2D eigenvalue weighted by Gasteiger charge is -2.13. The van der Waals surface area contributed by atoms with Gasteiger partial charge in [-0.2, -0.15) is 0 Å². The second-order valence-electron chi connectivity index (χ2n) is 5.24. The Labute approximate surface area is 128 Å². The molecule has 1 atom stereocenters. The average molecular weight is 309 g/mol. The molecule has 2 aliphatic heterocycles. The monoisotopic (exact) mass is 308 g/mol. The second kappa shape index (κ2) is 4.92. The van der Waals surface area contributed by atoms with Crippen LogP contribution in [0.25, 0.3) is 10.8 Å². The Morgan fingerprint density at radius 2 is 2.10 bits per heavy atom. The molecule has 2 heterocycles. The summed E-state index contributed by atoms with van der Waals surface area (Å²) in [7, 11) is 0. The van der Waals surface area contributed by atoms with Gasteiger partial charge in [-0.1, -0.05) is 18.2 Å². The largest absolute Gasteiger partial charge is 0.321 e. The number of hydrogen-bond donors (Lipinski definition) is 1. The molecule has 0 saturated carbocycles. The van der Waals surface area contributed by atoms with Crippen molar-refractivity contribution in [3.05, 3.63) is 41.5 Å². The molecule has 0 radical (unpaired) electrons. The van der Waals surface area contributed by atoms with Crippen LogP contribution in [-0.4, -0.2) is 23.4 Å². The van der Waals surface area contributed by atoms with E-state index in [1.54, 1.807) is 0 Å². The summed E-state index contributed by atoms with van der Waals surface area (Å²) >= 11 is 6.07. The molecule has 20 heavy (non-hydrogen) atoms. The maximum Gasteiger partial charge on any atom is 0.256 e. The molecule has 1 unspecified atom stereocenters. The zero-order chi connectivity index (χ0) is 13.0. The van der Waals surface area contributed by atoms with Gasteiger partial charge >= 0.3 is 0 Å². The number of nitrogens with one attached hydrogen (secondary N) is 1. The Morgan fingerprint density at radius 1 is 1.25 bits per heavy atom. The number of rotatable bonds is 1. The summed E-state index contributed by atoms with van der Waals surface area (Å²) in [6.45, 7) is 1.80. The smallest absolute Gasteiger partial charge is 0.256 e. The van der Waals surface area contributed by atoms with E-state index in [1.807, 2.05) is 22.6 Å². The van der Waals surface area contributed by atoms with Gasteiger partial charge in [0.2, 0.25) is 0 Å². The Morgan fingerprint density at radius 3 is 2.85 bits per heavy atom. The van der Waals surface area contributed by atoms with Gasteiger partial charge in [0.1, 0.15) is 0 Å². The number of benzene rings is 2. The highest BCUT2D eigenvalue weighted by Gasteiger charge is 2.27. The first-order chi connectivity index (χ1) is 9.24. The summed E-state index contributed by atoms with van der Waals surface area (Å²) in [6, 6.07) is 10.1. The molecule has 0 aliphatic carbocycles. The Balaban J connectivity index is 0.00000121. The molecule has 1 saturated heterocycles. The third-order valence-corrected chi connectivity index (χ3v) is 4.45. The molecule has 1 N–H and O–H groups in total. The van der Waals surface area contributed by atoms with Crippen LogP contribution in [0.1, 0.15) is 28.3 Å². The third-order valence-electron chi connectivity index (χ3n) is 4.15. The quantitative estimate of drug-likeness (QED) is 0.813. The van der Waals surface area contributed by atoms with Crippen molar-refractivity contribution in [1.29, 1.82) is 0 Å². The molecular weight excluding hydrogens is 295 g/mol. The van der Waals surface area contributed by atoms with E-state index >= 15 is 0 Å². The first-order valence-electron chi connectivity index (χ1n) is 6.52. The third kappa shape index (κ3) is 1.89. The van der Waals surface area contributed by atoms with Crippen molar-refractivity contribution in [3.8, 4) is 0 Å². The predicted molar refractivity (Wildman–Crippen MR) is 83.9 cm³/mol. The molecule has 2 aromatic carbocycles. The lowest BCUT2D eigenvalue weighted by molar-refractivity contribution is 0.103.